The average molecular weight is 218 g/mol. The van der Waals surface area contributed by atoms with Crippen LogP contribution in [-0.4, -0.2) is 24.0 Å². The van der Waals surface area contributed by atoms with E-state index < -0.39 is 0 Å². The summed E-state index contributed by atoms with van der Waals surface area (Å²) in [6.45, 7) is 7.63. The zero-order chi connectivity index (χ0) is 11.5. The molecule has 0 aromatic heterocycles. The standard InChI is InChI=1S/C14H22N2/c1-11(2)14(15)10-16-8-7-12-5-3-4-6-13(12)9-16/h3-6,11,14H,7-10,15H2,1-2H3/t14-/m0/s1. The molecule has 16 heavy (non-hydrogen) atoms. The fraction of sp³-hybridized carbons (Fsp3) is 0.571. The molecule has 0 unspecified atom stereocenters. The molecule has 2 rings (SSSR count). The van der Waals surface area contributed by atoms with E-state index in [-0.39, 0.29) is 0 Å². The van der Waals surface area contributed by atoms with Crippen LogP contribution in [0, 0.1) is 5.92 Å². The molecule has 2 N–H and O–H groups in total. The fourth-order valence-corrected chi connectivity index (χ4v) is 2.22. The van der Waals surface area contributed by atoms with Crippen LogP contribution in [0.2, 0.25) is 0 Å². The number of rotatable bonds is 3. The Hall–Kier alpha value is -0.860. The minimum atomic E-state index is 0.297. The largest absolute Gasteiger partial charge is 0.326 e. The van der Waals surface area contributed by atoms with Crippen LogP contribution in [0.1, 0.15) is 25.0 Å². The van der Waals surface area contributed by atoms with Gasteiger partial charge in [-0.25, -0.2) is 0 Å². The normalized spacial score (nSPS) is 18.5. The molecule has 1 aliphatic heterocycles. The number of fused-ring (bicyclic) bond motifs is 1. The van der Waals surface area contributed by atoms with Gasteiger partial charge in [0, 0.05) is 25.7 Å². The monoisotopic (exact) mass is 218 g/mol. The predicted octanol–water partition coefficient (Wildman–Crippen LogP) is 2.03. The van der Waals surface area contributed by atoms with Crippen molar-refractivity contribution < 1.29 is 0 Å². The molecule has 0 saturated carbocycles. The van der Waals surface area contributed by atoms with Gasteiger partial charge in [-0.2, -0.15) is 0 Å². The Balaban J connectivity index is 1.98. The highest BCUT2D eigenvalue weighted by Gasteiger charge is 2.18. The Labute approximate surface area is 98.4 Å². The Bertz CT molecular complexity index is 346. The van der Waals surface area contributed by atoms with E-state index in [9.17, 15) is 0 Å². The van der Waals surface area contributed by atoms with Crippen molar-refractivity contribution >= 4 is 0 Å². The fourth-order valence-electron chi connectivity index (χ4n) is 2.22. The number of hydrogen-bond donors (Lipinski definition) is 1. The lowest BCUT2D eigenvalue weighted by Gasteiger charge is -2.31. The molecule has 1 aliphatic rings. The van der Waals surface area contributed by atoms with Crippen LogP contribution in [0.4, 0.5) is 0 Å². The van der Waals surface area contributed by atoms with Gasteiger partial charge in [0.2, 0.25) is 0 Å². The lowest BCUT2D eigenvalue weighted by molar-refractivity contribution is 0.221. The molecule has 0 aliphatic carbocycles. The first kappa shape index (κ1) is 11.6. The Morgan fingerprint density at radius 1 is 1.25 bits per heavy atom. The van der Waals surface area contributed by atoms with Gasteiger partial charge in [-0.15, -0.1) is 0 Å². The Kier molecular flexibility index (Phi) is 3.62. The van der Waals surface area contributed by atoms with Gasteiger partial charge >= 0.3 is 0 Å². The van der Waals surface area contributed by atoms with Crippen molar-refractivity contribution in [3.05, 3.63) is 35.4 Å². The van der Waals surface area contributed by atoms with E-state index >= 15 is 0 Å². The summed E-state index contributed by atoms with van der Waals surface area (Å²) in [6.07, 6.45) is 1.17. The zero-order valence-corrected chi connectivity index (χ0v) is 10.3. The predicted molar refractivity (Wildman–Crippen MR) is 68.2 cm³/mol. The summed E-state index contributed by atoms with van der Waals surface area (Å²) in [6, 6.07) is 9.04. The highest BCUT2D eigenvalue weighted by molar-refractivity contribution is 5.29. The number of nitrogens with zero attached hydrogens (tertiary/aromatic N) is 1. The van der Waals surface area contributed by atoms with Crippen molar-refractivity contribution in [2.75, 3.05) is 13.1 Å². The van der Waals surface area contributed by atoms with Gasteiger partial charge in [0.15, 0.2) is 0 Å². The summed E-state index contributed by atoms with van der Waals surface area (Å²) in [4.78, 5) is 2.48. The summed E-state index contributed by atoms with van der Waals surface area (Å²) in [5, 5.41) is 0. The molecule has 0 spiro atoms. The molecule has 0 saturated heterocycles. The van der Waals surface area contributed by atoms with Crippen LogP contribution in [0.5, 0.6) is 0 Å². The molecule has 0 radical (unpaired) electrons. The first-order valence-electron chi connectivity index (χ1n) is 6.21. The van der Waals surface area contributed by atoms with Crippen molar-refractivity contribution in [3.8, 4) is 0 Å². The minimum absolute atomic E-state index is 0.297. The Morgan fingerprint density at radius 2 is 1.94 bits per heavy atom. The summed E-state index contributed by atoms with van der Waals surface area (Å²) in [5.41, 5.74) is 9.11. The highest BCUT2D eigenvalue weighted by atomic mass is 15.1. The van der Waals surface area contributed by atoms with Crippen LogP contribution >= 0.6 is 0 Å². The smallest absolute Gasteiger partial charge is 0.0237 e. The number of hydrogen-bond acceptors (Lipinski definition) is 2. The molecule has 2 nitrogen and oxygen atoms in total. The molecular weight excluding hydrogens is 196 g/mol. The topological polar surface area (TPSA) is 29.3 Å². The molecular formula is C14H22N2. The van der Waals surface area contributed by atoms with E-state index in [0.29, 0.717) is 12.0 Å². The van der Waals surface area contributed by atoms with Gasteiger partial charge in [-0.3, -0.25) is 4.90 Å². The molecule has 88 valence electrons. The second kappa shape index (κ2) is 4.98. The molecule has 1 aromatic rings. The quantitative estimate of drug-likeness (QED) is 0.841. The van der Waals surface area contributed by atoms with E-state index in [2.05, 4.69) is 43.0 Å². The van der Waals surface area contributed by atoms with Crippen LogP contribution in [-0.2, 0) is 13.0 Å². The van der Waals surface area contributed by atoms with E-state index in [4.69, 9.17) is 5.73 Å². The van der Waals surface area contributed by atoms with Crippen LogP contribution in [0.25, 0.3) is 0 Å². The summed E-state index contributed by atoms with van der Waals surface area (Å²) in [5.74, 6) is 0.567. The molecule has 1 aromatic carbocycles. The first-order chi connectivity index (χ1) is 7.66. The Morgan fingerprint density at radius 3 is 2.62 bits per heavy atom. The van der Waals surface area contributed by atoms with Gasteiger partial charge in [0.25, 0.3) is 0 Å². The molecule has 0 amide bonds. The van der Waals surface area contributed by atoms with Gasteiger partial charge < -0.3 is 5.73 Å². The van der Waals surface area contributed by atoms with E-state index in [1.807, 2.05) is 0 Å². The lowest BCUT2D eigenvalue weighted by atomic mass is 9.98. The van der Waals surface area contributed by atoms with E-state index in [1.54, 1.807) is 0 Å². The molecule has 0 bridgehead atoms. The second-order valence-electron chi connectivity index (χ2n) is 5.16. The molecule has 1 atom stereocenters. The van der Waals surface area contributed by atoms with Crippen LogP contribution < -0.4 is 5.73 Å². The summed E-state index contributed by atoms with van der Waals surface area (Å²) >= 11 is 0. The van der Waals surface area contributed by atoms with Gasteiger partial charge in [0.05, 0.1) is 0 Å². The van der Waals surface area contributed by atoms with Gasteiger partial charge in [0.1, 0.15) is 0 Å². The van der Waals surface area contributed by atoms with Gasteiger partial charge in [-0.05, 0) is 23.5 Å². The van der Waals surface area contributed by atoms with Crippen LogP contribution in [0.15, 0.2) is 24.3 Å². The van der Waals surface area contributed by atoms with Crippen molar-refractivity contribution in [1.29, 1.82) is 0 Å². The highest BCUT2D eigenvalue weighted by Crippen LogP contribution is 2.18. The SMILES string of the molecule is CC(C)[C@@H](N)CN1CCc2ccccc2C1. The van der Waals surface area contributed by atoms with Crippen molar-refractivity contribution in [3.63, 3.8) is 0 Å². The number of nitrogens with two attached hydrogens (primary N) is 1. The number of benzene rings is 1. The summed E-state index contributed by atoms with van der Waals surface area (Å²) < 4.78 is 0. The van der Waals surface area contributed by atoms with Crippen molar-refractivity contribution in [2.24, 2.45) is 11.7 Å². The van der Waals surface area contributed by atoms with Crippen molar-refractivity contribution in [1.82, 2.24) is 4.90 Å². The van der Waals surface area contributed by atoms with Crippen molar-refractivity contribution in [2.45, 2.75) is 32.9 Å². The third kappa shape index (κ3) is 2.63. The average Bonchev–Trinajstić information content (AvgIpc) is 2.28. The third-order valence-corrected chi connectivity index (χ3v) is 3.54. The maximum atomic E-state index is 6.13. The van der Waals surface area contributed by atoms with Gasteiger partial charge in [-0.1, -0.05) is 38.1 Å². The maximum Gasteiger partial charge on any atom is 0.0237 e. The van der Waals surface area contributed by atoms with E-state index in [0.717, 1.165) is 19.6 Å². The minimum Gasteiger partial charge on any atom is -0.326 e. The molecule has 0 fully saturated rings. The maximum absolute atomic E-state index is 6.13. The van der Waals surface area contributed by atoms with Crippen LogP contribution in [0.3, 0.4) is 0 Å². The molecule has 1 heterocycles. The third-order valence-electron chi connectivity index (χ3n) is 3.54. The first-order valence-corrected chi connectivity index (χ1v) is 6.21. The lowest BCUT2D eigenvalue weighted by Crippen LogP contribution is -2.42. The molecule has 2 heteroatoms. The van der Waals surface area contributed by atoms with E-state index in [1.165, 1.54) is 17.5 Å². The summed E-state index contributed by atoms with van der Waals surface area (Å²) in [7, 11) is 0. The zero-order valence-electron chi connectivity index (χ0n) is 10.3. The second-order valence-corrected chi connectivity index (χ2v) is 5.16.